The van der Waals surface area contributed by atoms with E-state index in [0.29, 0.717) is 11.1 Å². The second kappa shape index (κ2) is 7.33. The highest BCUT2D eigenvalue weighted by atomic mass is 32.2. The van der Waals surface area contributed by atoms with E-state index in [4.69, 9.17) is 9.15 Å². The van der Waals surface area contributed by atoms with Gasteiger partial charge in [-0.1, -0.05) is 54.2 Å². The molecule has 0 bridgehead atoms. The van der Waals surface area contributed by atoms with E-state index in [1.165, 1.54) is 5.56 Å². The lowest BCUT2D eigenvalue weighted by Crippen LogP contribution is -1.95. The summed E-state index contributed by atoms with van der Waals surface area (Å²) in [6.07, 6.45) is 0. The summed E-state index contributed by atoms with van der Waals surface area (Å²) in [6, 6.07) is 18.1. The molecule has 3 aromatic rings. The van der Waals surface area contributed by atoms with Crippen molar-refractivity contribution in [3.05, 3.63) is 71.6 Å². The van der Waals surface area contributed by atoms with Gasteiger partial charge >= 0.3 is 0 Å². The minimum Gasteiger partial charge on any atom is -0.484 e. The van der Waals surface area contributed by atoms with Gasteiger partial charge in [-0.2, -0.15) is 0 Å². The molecule has 0 spiro atoms. The second-order valence-electron chi connectivity index (χ2n) is 5.24. The molecule has 0 fully saturated rings. The molecule has 0 amide bonds. The summed E-state index contributed by atoms with van der Waals surface area (Å²) in [5.41, 5.74) is 2.38. The average molecular weight is 326 g/mol. The van der Waals surface area contributed by atoms with Crippen LogP contribution in [0.2, 0.25) is 0 Å². The van der Waals surface area contributed by atoms with E-state index in [0.717, 1.165) is 11.3 Å². The van der Waals surface area contributed by atoms with E-state index in [1.54, 1.807) is 11.8 Å². The first-order valence-corrected chi connectivity index (χ1v) is 8.32. The number of hydrogen-bond acceptors (Lipinski definition) is 5. The van der Waals surface area contributed by atoms with Crippen molar-refractivity contribution >= 4 is 11.8 Å². The normalized spacial score (nSPS) is 12.1. The van der Waals surface area contributed by atoms with Gasteiger partial charge in [0.2, 0.25) is 0 Å². The Bertz CT molecular complexity index is 758. The Morgan fingerprint density at radius 1 is 1.09 bits per heavy atom. The van der Waals surface area contributed by atoms with Crippen LogP contribution in [0.5, 0.6) is 5.75 Å². The number of benzene rings is 2. The Kier molecular flexibility index (Phi) is 4.98. The molecule has 4 nitrogen and oxygen atoms in total. The number of aryl methyl sites for hydroxylation is 1. The molecule has 0 aliphatic rings. The van der Waals surface area contributed by atoms with Gasteiger partial charge in [0.05, 0.1) is 0 Å². The minimum atomic E-state index is 0.252. The molecule has 5 heteroatoms. The third-order valence-electron chi connectivity index (χ3n) is 3.35. The lowest BCUT2D eigenvalue weighted by atomic mass is 10.2. The molecule has 118 valence electrons. The van der Waals surface area contributed by atoms with Crippen LogP contribution in [-0.4, -0.2) is 10.2 Å². The molecule has 0 saturated carbocycles. The van der Waals surface area contributed by atoms with E-state index in [2.05, 4.69) is 29.3 Å². The monoisotopic (exact) mass is 326 g/mol. The third kappa shape index (κ3) is 4.36. The summed E-state index contributed by atoms with van der Waals surface area (Å²) in [5.74, 6) is 1.28. The fourth-order valence-electron chi connectivity index (χ4n) is 2.14. The van der Waals surface area contributed by atoms with Gasteiger partial charge in [0, 0.05) is 5.25 Å². The Hall–Kier alpha value is -2.27. The molecule has 1 heterocycles. The molecular formula is C18H18N2O2S. The van der Waals surface area contributed by atoms with Crippen LogP contribution in [0.25, 0.3) is 0 Å². The number of ether oxygens (including phenoxy) is 1. The summed E-state index contributed by atoms with van der Waals surface area (Å²) in [4.78, 5) is 0. The van der Waals surface area contributed by atoms with Gasteiger partial charge in [0.25, 0.3) is 11.1 Å². The Balaban J connectivity index is 1.58. The van der Waals surface area contributed by atoms with Gasteiger partial charge in [-0.3, -0.25) is 0 Å². The first-order valence-electron chi connectivity index (χ1n) is 7.44. The van der Waals surface area contributed by atoms with Gasteiger partial charge in [-0.05, 0) is 37.1 Å². The Labute approximate surface area is 139 Å². The minimum absolute atomic E-state index is 0.252. The van der Waals surface area contributed by atoms with Crippen LogP contribution in [0.15, 0.2) is 64.2 Å². The van der Waals surface area contributed by atoms with E-state index < -0.39 is 0 Å². The summed E-state index contributed by atoms with van der Waals surface area (Å²) in [7, 11) is 0. The van der Waals surface area contributed by atoms with Crippen molar-refractivity contribution in [3.8, 4) is 5.75 Å². The molecule has 1 unspecified atom stereocenters. The highest BCUT2D eigenvalue weighted by Crippen LogP contribution is 2.33. The van der Waals surface area contributed by atoms with Gasteiger partial charge < -0.3 is 9.15 Å². The lowest BCUT2D eigenvalue weighted by molar-refractivity contribution is 0.252. The van der Waals surface area contributed by atoms with Crippen molar-refractivity contribution in [1.29, 1.82) is 0 Å². The Morgan fingerprint density at radius 2 is 1.91 bits per heavy atom. The maximum atomic E-state index is 5.67. The third-order valence-corrected chi connectivity index (χ3v) is 4.34. The first-order chi connectivity index (χ1) is 11.2. The molecule has 0 N–H and O–H groups in total. The van der Waals surface area contributed by atoms with E-state index in [-0.39, 0.29) is 11.9 Å². The zero-order valence-corrected chi connectivity index (χ0v) is 13.9. The molecule has 1 aromatic heterocycles. The van der Waals surface area contributed by atoms with Crippen molar-refractivity contribution < 1.29 is 9.15 Å². The molecule has 1 atom stereocenters. The summed E-state index contributed by atoms with van der Waals surface area (Å²) < 4.78 is 11.3. The van der Waals surface area contributed by atoms with Gasteiger partial charge in [0.15, 0.2) is 6.61 Å². The van der Waals surface area contributed by atoms with Gasteiger partial charge in [-0.25, -0.2) is 0 Å². The number of nitrogens with zero attached hydrogens (tertiary/aromatic N) is 2. The zero-order valence-electron chi connectivity index (χ0n) is 13.1. The predicted octanol–water partition coefficient (Wildman–Crippen LogP) is 4.81. The summed E-state index contributed by atoms with van der Waals surface area (Å²) in [6.45, 7) is 4.42. The van der Waals surface area contributed by atoms with Crippen LogP contribution in [0.1, 0.15) is 29.2 Å². The average Bonchev–Trinajstić information content (AvgIpc) is 3.01. The largest absolute Gasteiger partial charge is 0.484 e. The molecular weight excluding hydrogens is 308 g/mol. The van der Waals surface area contributed by atoms with Crippen molar-refractivity contribution in [2.45, 2.75) is 30.9 Å². The van der Waals surface area contributed by atoms with Gasteiger partial charge in [-0.15, -0.1) is 10.2 Å². The van der Waals surface area contributed by atoms with Crippen LogP contribution >= 0.6 is 11.8 Å². The van der Waals surface area contributed by atoms with Crippen LogP contribution in [0, 0.1) is 6.92 Å². The standard InChI is InChI=1S/C18H18N2O2S/c1-13-7-6-10-16(11-13)21-12-17-19-20-18(22-17)23-14(2)15-8-4-3-5-9-15/h3-11,14H,12H2,1-2H3. The maximum absolute atomic E-state index is 5.67. The fraction of sp³-hybridized carbons (Fsp3) is 0.222. The van der Waals surface area contributed by atoms with E-state index in [9.17, 15) is 0 Å². The highest BCUT2D eigenvalue weighted by Gasteiger charge is 2.13. The molecule has 3 rings (SSSR count). The van der Waals surface area contributed by atoms with Crippen LogP contribution < -0.4 is 4.74 Å². The van der Waals surface area contributed by atoms with E-state index >= 15 is 0 Å². The predicted molar refractivity (Wildman–Crippen MR) is 90.5 cm³/mol. The number of rotatable bonds is 6. The summed E-state index contributed by atoms with van der Waals surface area (Å²) in [5, 5.41) is 8.93. The topological polar surface area (TPSA) is 48.2 Å². The quantitative estimate of drug-likeness (QED) is 0.608. The molecule has 0 saturated heterocycles. The maximum Gasteiger partial charge on any atom is 0.277 e. The molecule has 0 aliphatic heterocycles. The van der Waals surface area contributed by atoms with E-state index in [1.807, 2.05) is 49.4 Å². The van der Waals surface area contributed by atoms with Crippen molar-refractivity contribution in [3.63, 3.8) is 0 Å². The number of aromatic nitrogens is 2. The highest BCUT2D eigenvalue weighted by molar-refractivity contribution is 7.99. The van der Waals surface area contributed by atoms with Crippen molar-refractivity contribution in [1.82, 2.24) is 10.2 Å². The molecule has 2 aromatic carbocycles. The second-order valence-corrected chi connectivity index (χ2v) is 6.53. The van der Waals surface area contributed by atoms with Crippen LogP contribution in [-0.2, 0) is 6.61 Å². The number of thioether (sulfide) groups is 1. The molecule has 0 aliphatic carbocycles. The summed E-state index contributed by atoms with van der Waals surface area (Å²) >= 11 is 1.55. The fourth-order valence-corrected chi connectivity index (χ4v) is 2.97. The van der Waals surface area contributed by atoms with Crippen LogP contribution in [0.3, 0.4) is 0 Å². The zero-order chi connectivity index (χ0) is 16.1. The smallest absolute Gasteiger partial charge is 0.277 e. The molecule has 0 radical (unpaired) electrons. The van der Waals surface area contributed by atoms with Gasteiger partial charge in [0.1, 0.15) is 5.75 Å². The SMILES string of the molecule is Cc1cccc(OCc2nnc(SC(C)c3ccccc3)o2)c1. The lowest BCUT2D eigenvalue weighted by Gasteiger charge is -2.07. The molecule has 23 heavy (non-hydrogen) atoms. The van der Waals surface area contributed by atoms with Crippen molar-refractivity contribution in [2.75, 3.05) is 0 Å². The van der Waals surface area contributed by atoms with Crippen LogP contribution in [0.4, 0.5) is 0 Å². The number of hydrogen-bond donors (Lipinski definition) is 0. The Morgan fingerprint density at radius 3 is 2.70 bits per heavy atom. The van der Waals surface area contributed by atoms with Crippen molar-refractivity contribution in [2.24, 2.45) is 0 Å². The first kappa shape index (κ1) is 15.6.